The third-order valence-electron chi connectivity index (χ3n) is 7.63. The minimum absolute atomic E-state index is 0. The Balaban J connectivity index is 0.000000238. The number of hydrogen-bond donors (Lipinski definition) is 0. The molecule has 0 heterocycles. The van der Waals surface area contributed by atoms with Crippen molar-refractivity contribution in [2.45, 2.75) is 46.5 Å². The van der Waals surface area contributed by atoms with Crippen LogP contribution in [0.5, 0.6) is 0 Å². The molecule has 202 valence electrons. The molecule has 0 saturated heterocycles. The van der Waals surface area contributed by atoms with Crippen molar-refractivity contribution in [1.82, 2.24) is 0 Å². The summed E-state index contributed by atoms with van der Waals surface area (Å²) in [6, 6.07) is 33.0. The molecule has 6 rings (SSSR count). The molecule has 0 fully saturated rings. The van der Waals surface area contributed by atoms with Gasteiger partial charge in [-0.15, -0.1) is 33.7 Å². The van der Waals surface area contributed by atoms with Gasteiger partial charge in [-0.3, -0.25) is 0 Å². The first-order valence-electron chi connectivity index (χ1n) is 13.9. The summed E-state index contributed by atoms with van der Waals surface area (Å²) in [6.07, 6.45) is 11.2. The molecule has 0 spiro atoms. The molecule has 0 bridgehead atoms. The fourth-order valence-electron chi connectivity index (χ4n) is 5.62. The van der Waals surface area contributed by atoms with Crippen LogP contribution in [0.3, 0.4) is 0 Å². The van der Waals surface area contributed by atoms with Gasteiger partial charge in [0.25, 0.3) is 0 Å². The summed E-state index contributed by atoms with van der Waals surface area (Å²) < 4.78 is 1.42. The van der Waals surface area contributed by atoms with Crippen molar-refractivity contribution in [2.24, 2.45) is 0 Å². The summed E-state index contributed by atoms with van der Waals surface area (Å²) in [5, 5.41) is 5.69. The van der Waals surface area contributed by atoms with Crippen molar-refractivity contribution in [3.8, 4) is 0 Å². The Bertz CT molecular complexity index is 1600. The van der Waals surface area contributed by atoms with Crippen LogP contribution >= 0.6 is 0 Å². The Labute approximate surface area is 266 Å². The van der Waals surface area contributed by atoms with Crippen molar-refractivity contribution in [3.63, 3.8) is 0 Å². The Morgan fingerprint density at radius 3 is 1.93 bits per heavy atom. The van der Waals surface area contributed by atoms with Gasteiger partial charge in [0.2, 0.25) is 0 Å². The average Bonchev–Trinajstić information content (AvgIpc) is 3.64. The van der Waals surface area contributed by atoms with Gasteiger partial charge in [-0.25, -0.2) is 0 Å². The van der Waals surface area contributed by atoms with Gasteiger partial charge in [0.05, 0.1) is 0 Å². The van der Waals surface area contributed by atoms with E-state index in [4.69, 9.17) is 0 Å². The van der Waals surface area contributed by atoms with Gasteiger partial charge in [-0.05, 0) is 25.7 Å². The second-order valence-corrected chi connectivity index (χ2v) is 11.1. The average molecular weight is 642 g/mol. The SMILES string of the molecule is CCc1ccc2c(c1)[cH-]c1c(C3=CC=CC3)c(CC)c(CC)cc12.[Cl-].[Cl-].[Zr+2]=[C](c1ccccc1)c1ccccc1. The molecule has 1 aliphatic rings. The summed E-state index contributed by atoms with van der Waals surface area (Å²) in [5.41, 5.74) is 10.1. The van der Waals surface area contributed by atoms with Crippen molar-refractivity contribution in [2.75, 3.05) is 0 Å². The van der Waals surface area contributed by atoms with E-state index in [1.165, 1.54) is 82.4 Å². The standard InChI is InChI=1S/C24H25.C13H10.2ClH.Zr/c1-4-16-11-12-21-19(13-16)15-23-22(21)14-17(5-2)20(6-3)24(23)18-9-7-8-10-18;1-3-7-12(8-4-1)11-13-9-5-2-6-10-13;;;/h7-9,11-15H,4-6,10H2,1-3H3;1-10H;2*1H;/q-1;;;;+2/p-2. The number of allylic oxidation sites excluding steroid dienone is 4. The van der Waals surface area contributed by atoms with Gasteiger partial charge in [-0.1, -0.05) is 85.0 Å². The van der Waals surface area contributed by atoms with E-state index in [9.17, 15) is 0 Å². The zero-order valence-corrected chi connectivity index (χ0v) is 27.4. The normalized spacial score (nSPS) is 11.9. The van der Waals surface area contributed by atoms with E-state index in [1.807, 2.05) is 0 Å². The van der Waals surface area contributed by atoms with Crippen molar-refractivity contribution in [1.29, 1.82) is 0 Å². The second-order valence-electron chi connectivity index (χ2n) is 9.91. The number of rotatable bonds is 6. The van der Waals surface area contributed by atoms with Crippen LogP contribution in [0.4, 0.5) is 0 Å². The van der Waals surface area contributed by atoms with Gasteiger partial charge < -0.3 is 24.8 Å². The molecule has 0 saturated carbocycles. The number of hydrogen-bond acceptors (Lipinski definition) is 0. The van der Waals surface area contributed by atoms with E-state index in [-0.39, 0.29) is 24.8 Å². The fraction of sp³-hybridized carbons (Fsp3) is 0.189. The van der Waals surface area contributed by atoms with Gasteiger partial charge in [-0.2, -0.15) is 0 Å². The fourth-order valence-corrected chi connectivity index (χ4v) is 6.44. The molecular formula is C37H35Cl2Zr-. The van der Waals surface area contributed by atoms with E-state index < -0.39 is 0 Å². The predicted octanol–water partition coefficient (Wildman–Crippen LogP) is 3.55. The molecule has 5 aromatic rings. The summed E-state index contributed by atoms with van der Waals surface area (Å²) in [4.78, 5) is 0. The van der Waals surface area contributed by atoms with Crippen LogP contribution in [-0.4, -0.2) is 3.21 Å². The molecule has 0 N–H and O–H groups in total. The van der Waals surface area contributed by atoms with Crippen molar-refractivity contribution in [3.05, 3.63) is 143 Å². The first-order valence-corrected chi connectivity index (χ1v) is 15.1. The predicted molar refractivity (Wildman–Crippen MR) is 163 cm³/mol. The van der Waals surface area contributed by atoms with Gasteiger partial charge in [0.15, 0.2) is 0 Å². The van der Waals surface area contributed by atoms with E-state index in [0.29, 0.717) is 0 Å². The van der Waals surface area contributed by atoms with Crippen LogP contribution in [0.1, 0.15) is 60.6 Å². The zero-order valence-electron chi connectivity index (χ0n) is 23.5. The second kappa shape index (κ2) is 15.0. The third-order valence-corrected chi connectivity index (χ3v) is 9.05. The molecule has 40 heavy (non-hydrogen) atoms. The molecule has 5 aromatic carbocycles. The summed E-state index contributed by atoms with van der Waals surface area (Å²) in [5.74, 6) is 0. The molecule has 0 amide bonds. The quantitative estimate of drug-likeness (QED) is 0.249. The molecule has 0 unspecified atom stereocenters. The zero-order chi connectivity index (χ0) is 26.5. The first kappa shape index (κ1) is 32.1. The molecule has 0 aliphatic heterocycles. The van der Waals surface area contributed by atoms with E-state index in [2.05, 4.69) is 130 Å². The van der Waals surface area contributed by atoms with Crippen LogP contribution in [0.25, 0.3) is 27.1 Å². The number of fused-ring (bicyclic) bond motifs is 3. The molecule has 1 aliphatic carbocycles. The van der Waals surface area contributed by atoms with Crippen LogP contribution < -0.4 is 24.8 Å². The van der Waals surface area contributed by atoms with Crippen LogP contribution in [-0.2, 0) is 43.5 Å². The summed E-state index contributed by atoms with van der Waals surface area (Å²) >= 11 is 1.46. The molecule has 0 aromatic heterocycles. The summed E-state index contributed by atoms with van der Waals surface area (Å²) in [7, 11) is 0. The Hall–Kier alpha value is -2.44. The maximum atomic E-state index is 2.45. The minimum atomic E-state index is 0. The Morgan fingerprint density at radius 2 is 1.40 bits per heavy atom. The first-order chi connectivity index (χ1) is 18.6. The Kier molecular flexibility index (Phi) is 12.0. The monoisotopic (exact) mass is 639 g/mol. The molecule has 0 nitrogen and oxygen atoms in total. The van der Waals surface area contributed by atoms with Gasteiger partial charge >= 0.3 is 99.2 Å². The van der Waals surface area contributed by atoms with E-state index in [1.54, 1.807) is 5.56 Å². The van der Waals surface area contributed by atoms with Crippen LogP contribution in [0.15, 0.2) is 109 Å². The topological polar surface area (TPSA) is 0 Å². The van der Waals surface area contributed by atoms with Gasteiger partial charge in [0.1, 0.15) is 0 Å². The maximum absolute atomic E-state index is 2.45. The van der Waals surface area contributed by atoms with Crippen molar-refractivity contribution >= 4 is 30.3 Å². The Morgan fingerprint density at radius 1 is 0.750 bits per heavy atom. The van der Waals surface area contributed by atoms with Crippen LogP contribution in [0.2, 0.25) is 0 Å². The molecule has 3 heteroatoms. The van der Waals surface area contributed by atoms with Crippen molar-refractivity contribution < 1.29 is 49.0 Å². The molecule has 0 radical (unpaired) electrons. The molecular weight excluding hydrogens is 607 g/mol. The van der Waals surface area contributed by atoms with E-state index >= 15 is 0 Å². The number of halogens is 2. The van der Waals surface area contributed by atoms with Crippen LogP contribution in [0, 0.1) is 0 Å². The summed E-state index contributed by atoms with van der Waals surface area (Å²) in [6.45, 7) is 6.81. The third kappa shape index (κ3) is 6.71. The van der Waals surface area contributed by atoms with E-state index in [0.717, 1.165) is 25.7 Å². The number of aryl methyl sites for hydroxylation is 2. The molecule has 0 atom stereocenters. The van der Waals surface area contributed by atoms with Gasteiger partial charge in [0, 0.05) is 0 Å². The number of benzene rings is 4.